The molecule has 0 saturated carbocycles. The highest BCUT2D eigenvalue weighted by Gasteiger charge is 2.10. The van der Waals surface area contributed by atoms with Gasteiger partial charge in [0.25, 0.3) is 0 Å². The Balaban J connectivity index is 2.62. The number of aryl methyl sites for hydroxylation is 1. The van der Waals surface area contributed by atoms with Crippen LogP contribution in [0.15, 0.2) is 34.9 Å². The molecule has 1 heterocycles. The molecule has 3 heteroatoms. The van der Waals surface area contributed by atoms with E-state index in [0.717, 1.165) is 10.3 Å². The smallest absolute Gasteiger partial charge is 0.131 e. The molecule has 72 valence electrons. The summed E-state index contributed by atoms with van der Waals surface area (Å²) in [6.07, 6.45) is 0. The minimum atomic E-state index is 0.916. The zero-order valence-electron chi connectivity index (χ0n) is 8.16. The summed E-state index contributed by atoms with van der Waals surface area (Å²) in [6.45, 7) is 2.07. The third-order valence-electron chi connectivity index (χ3n) is 2.27. The van der Waals surface area contributed by atoms with Gasteiger partial charge in [-0.3, -0.25) is 4.68 Å². The summed E-state index contributed by atoms with van der Waals surface area (Å²) in [7, 11) is 1.96. The summed E-state index contributed by atoms with van der Waals surface area (Å²) in [4.78, 5) is 0. The molecule has 2 aromatic rings. The van der Waals surface area contributed by atoms with Crippen LogP contribution in [0.3, 0.4) is 0 Å². The van der Waals surface area contributed by atoms with Crippen molar-refractivity contribution in [3.63, 3.8) is 0 Å². The van der Waals surface area contributed by atoms with Crippen molar-refractivity contribution < 1.29 is 0 Å². The van der Waals surface area contributed by atoms with E-state index in [0.29, 0.717) is 0 Å². The number of halogens is 1. The fourth-order valence-electron chi connectivity index (χ4n) is 1.60. The van der Waals surface area contributed by atoms with Crippen LogP contribution in [-0.4, -0.2) is 9.78 Å². The topological polar surface area (TPSA) is 17.8 Å². The Kier molecular flexibility index (Phi) is 2.42. The molecular formula is C11H11BrN2. The second kappa shape index (κ2) is 3.58. The number of rotatable bonds is 1. The predicted molar refractivity (Wildman–Crippen MR) is 61.1 cm³/mol. The van der Waals surface area contributed by atoms with Crippen LogP contribution >= 0.6 is 15.9 Å². The van der Waals surface area contributed by atoms with Crippen LogP contribution in [0.4, 0.5) is 0 Å². The van der Waals surface area contributed by atoms with Gasteiger partial charge in [-0.05, 0) is 22.9 Å². The molecule has 0 aliphatic rings. The minimum Gasteiger partial charge on any atom is -0.267 e. The molecule has 0 amide bonds. The fourth-order valence-corrected chi connectivity index (χ4v) is 2.02. The van der Waals surface area contributed by atoms with E-state index in [1.807, 2.05) is 29.9 Å². The number of aromatic nitrogens is 2. The summed E-state index contributed by atoms with van der Waals surface area (Å²) in [5.41, 5.74) is 3.54. The summed E-state index contributed by atoms with van der Waals surface area (Å²) < 4.78 is 2.81. The molecule has 0 radical (unpaired) electrons. The molecule has 0 aliphatic heterocycles. The number of nitrogens with zero attached hydrogens (tertiary/aromatic N) is 2. The van der Waals surface area contributed by atoms with E-state index in [-0.39, 0.29) is 0 Å². The maximum atomic E-state index is 4.32. The zero-order chi connectivity index (χ0) is 10.1. The minimum absolute atomic E-state index is 0.916. The van der Waals surface area contributed by atoms with Crippen molar-refractivity contribution in [2.45, 2.75) is 6.92 Å². The normalized spacial score (nSPS) is 10.5. The Hall–Kier alpha value is -1.09. The molecule has 0 unspecified atom stereocenters. The Morgan fingerprint density at radius 3 is 2.36 bits per heavy atom. The van der Waals surface area contributed by atoms with Crippen molar-refractivity contribution in [2.75, 3.05) is 0 Å². The standard InChI is InChI=1S/C11H11BrN2/c1-8-10(14(2)13-11(8)12)9-6-4-3-5-7-9/h3-7H,1-2H3. The van der Waals surface area contributed by atoms with Gasteiger partial charge in [0, 0.05) is 18.2 Å². The quantitative estimate of drug-likeness (QED) is 0.761. The lowest BCUT2D eigenvalue weighted by molar-refractivity contribution is 0.768. The maximum Gasteiger partial charge on any atom is 0.131 e. The first-order valence-electron chi connectivity index (χ1n) is 4.44. The monoisotopic (exact) mass is 250 g/mol. The van der Waals surface area contributed by atoms with E-state index >= 15 is 0 Å². The average molecular weight is 251 g/mol. The Morgan fingerprint density at radius 2 is 1.86 bits per heavy atom. The SMILES string of the molecule is Cc1c(Br)nn(C)c1-c1ccccc1. The van der Waals surface area contributed by atoms with Crippen LogP contribution < -0.4 is 0 Å². The van der Waals surface area contributed by atoms with Gasteiger partial charge in [-0.2, -0.15) is 5.10 Å². The molecule has 1 aromatic heterocycles. The van der Waals surface area contributed by atoms with E-state index in [2.05, 4.69) is 40.1 Å². The van der Waals surface area contributed by atoms with Gasteiger partial charge in [-0.25, -0.2) is 0 Å². The lowest BCUT2D eigenvalue weighted by Crippen LogP contribution is -1.93. The number of hydrogen-bond donors (Lipinski definition) is 0. The van der Waals surface area contributed by atoms with Gasteiger partial charge < -0.3 is 0 Å². The second-order valence-electron chi connectivity index (χ2n) is 3.25. The van der Waals surface area contributed by atoms with Crippen LogP contribution in [0.25, 0.3) is 11.3 Å². The van der Waals surface area contributed by atoms with Gasteiger partial charge in [0.2, 0.25) is 0 Å². The van der Waals surface area contributed by atoms with Crippen LogP contribution in [0.2, 0.25) is 0 Å². The first kappa shape index (κ1) is 9.46. The highest BCUT2D eigenvalue weighted by atomic mass is 79.9. The van der Waals surface area contributed by atoms with E-state index in [4.69, 9.17) is 0 Å². The molecule has 2 rings (SSSR count). The first-order valence-corrected chi connectivity index (χ1v) is 5.24. The van der Waals surface area contributed by atoms with Crippen LogP contribution in [0.1, 0.15) is 5.56 Å². The van der Waals surface area contributed by atoms with Crippen molar-refractivity contribution in [1.82, 2.24) is 9.78 Å². The van der Waals surface area contributed by atoms with Gasteiger partial charge >= 0.3 is 0 Å². The Labute approximate surface area is 91.7 Å². The van der Waals surface area contributed by atoms with Gasteiger partial charge in [0.15, 0.2) is 0 Å². The van der Waals surface area contributed by atoms with E-state index < -0.39 is 0 Å². The van der Waals surface area contributed by atoms with E-state index in [1.165, 1.54) is 11.1 Å². The van der Waals surface area contributed by atoms with Gasteiger partial charge in [-0.1, -0.05) is 30.3 Å². The lowest BCUT2D eigenvalue weighted by Gasteiger charge is -2.02. The molecule has 0 aliphatic carbocycles. The third kappa shape index (κ3) is 1.48. The van der Waals surface area contributed by atoms with Crippen molar-refractivity contribution in [3.8, 4) is 11.3 Å². The van der Waals surface area contributed by atoms with Gasteiger partial charge in [0.1, 0.15) is 4.60 Å². The van der Waals surface area contributed by atoms with Crippen LogP contribution in [0, 0.1) is 6.92 Å². The molecule has 0 N–H and O–H groups in total. The molecule has 0 spiro atoms. The van der Waals surface area contributed by atoms with Crippen molar-refractivity contribution in [1.29, 1.82) is 0 Å². The van der Waals surface area contributed by atoms with E-state index in [1.54, 1.807) is 0 Å². The molecular weight excluding hydrogens is 240 g/mol. The van der Waals surface area contributed by atoms with E-state index in [9.17, 15) is 0 Å². The highest BCUT2D eigenvalue weighted by Crippen LogP contribution is 2.27. The number of hydrogen-bond acceptors (Lipinski definition) is 1. The highest BCUT2D eigenvalue weighted by molar-refractivity contribution is 9.10. The van der Waals surface area contributed by atoms with Crippen molar-refractivity contribution in [3.05, 3.63) is 40.5 Å². The maximum absolute atomic E-state index is 4.32. The molecule has 2 nitrogen and oxygen atoms in total. The molecule has 0 atom stereocenters. The Bertz CT molecular complexity index is 446. The van der Waals surface area contributed by atoms with Gasteiger partial charge in [-0.15, -0.1) is 0 Å². The fraction of sp³-hybridized carbons (Fsp3) is 0.182. The van der Waals surface area contributed by atoms with Crippen LogP contribution in [0.5, 0.6) is 0 Å². The summed E-state index contributed by atoms with van der Waals surface area (Å²) in [6, 6.07) is 10.3. The predicted octanol–water partition coefficient (Wildman–Crippen LogP) is 3.16. The summed E-state index contributed by atoms with van der Waals surface area (Å²) in [5.74, 6) is 0. The average Bonchev–Trinajstić information content (AvgIpc) is 2.43. The second-order valence-corrected chi connectivity index (χ2v) is 4.01. The van der Waals surface area contributed by atoms with Gasteiger partial charge in [0.05, 0.1) is 5.69 Å². The molecule has 0 fully saturated rings. The van der Waals surface area contributed by atoms with Crippen LogP contribution in [-0.2, 0) is 7.05 Å². The van der Waals surface area contributed by atoms with Crippen molar-refractivity contribution in [2.24, 2.45) is 7.05 Å². The summed E-state index contributed by atoms with van der Waals surface area (Å²) in [5, 5.41) is 4.32. The molecule has 14 heavy (non-hydrogen) atoms. The zero-order valence-corrected chi connectivity index (χ0v) is 9.75. The Morgan fingerprint density at radius 1 is 1.21 bits per heavy atom. The molecule has 1 aromatic carbocycles. The molecule has 0 bridgehead atoms. The number of benzene rings is 1. The molecule has 0 saturated heterocycles. The third-order valence-corrected chi connectivity index (χ3v) is 3.03. The van der Waals surface area contributed by atoms with Crippen molar-refractivity contribution >= 4 is 15.9 Å². The largest absolute Gasteiger partial charge is 0.267 e. The summed E-state index contributed by atoms with van der Waals surface area (Å²) >= 11 is 3.43. The lowest BCUT2D eigenvalue weighted by atomic mass is 10.1. The first-order chi connectivity index (χ1) is 6.70.